The zero-order valence-electron chi connectivity index (χ0n) is 6.87. The Morgan fingerprint density at radius 3 is 2.69 bits per heavy atom. The van der Waals surface area contributed by atoms with Gasteiger partial charge in [-0.05, 0) is 18.5 Å². The molecule has 2 N–H and O–H groups in total. The van der Waals surface area contributed by atoms with Gasteiger partial charge in [0.1, 0.15) is 0 Å². The third-order valence-electron chi connectivity index (χ3n) is 1.11. The molecular weight excluding hydrogens is 192 g/mol. The summed E-state index contributed by atoms with van der Waals surface area (Å²) in [6.07, 6.45) is 1.69. The number of aromatic nitrogens is 3. The van der Waals surface area contributed by atoms with Gasteiger partial charge in [-0.3, -0.25) is 5.32 Å². The summed E-state index contributed by atoms with van der Waals surface area (Å²) in [5, 5.41) is 13.5. The molecule has 6 nitrogen and oxygen atoms in total. The van der Waals surface area contributed by atoms with Crippen molar-refractivity contribution in [3.05, 3.63) is 5.28 Å². The van der Waals surface area contributed by atoms with Gasteiger partial charge in [0.05, 0.1) is 0 Å². The molecule has 13 heavy (non-hydrogen) atoms. The average Bonchev–Trinajstić information content (AvgIpc) is 2.04. The molecule has 0 aliphatic carbocycles. The minimum Gasteiger partial charge on any atom is -0.354 e. The fourth-order valence-electron chi connectivity index (χ4n) is 0.693. The molecule has 0 aliphatic heterocycles. The molecule has 1 aromatic heterocycles. The molecule has 0 fully saturated rings. The van der Waals surface area contributed by atoms with Gasteiger partial charge in [-0.25, -0.2) is 0 Å². The fourth-order valence-corrected chi connectivity index (χ4v) is 0.853. The lowest BCUT2D eigenvalue weighted by atomic mass is 10.7. The lowest BCUT2D eigenvalue weighted by Crippen LogP contribution is -2.06. The zero-order valence-corrected chi connectivity index (χ0v) is 7.63. The van der Waals surface area contributed by atoms with Crippen LogP contribution < -0.4 is 10.6 Å². The first-order chi connectivity index (χ1) is 6.26. The van der Waals surface area contributed by atoms with E-state index in [2.05, 4.69) is 25.6 Å². The second-order valence-electron chi connectivity index (χ2n) is 2.02. The smallest absolute Gasteiger partial charge is 0.242 e. The molecule has 0 spiro atoms. The number of nitrogens with one attached hydrogen (secondary N) is 2. The number of hydrogen-bond acceptors (Lipinski definition) is 6. The first-order valence-corrected chi connectivity index (χ1v) is 3.94. The quantitative estimate of drug-likeness (QED) is 0.553. The number of halogens is 1. The van der Waals surface area contributed by atoms with Crippen molar-refractivity contribution in [2.24, 2.45) is 0 Å². The van der Waals surface area contributed by atoms with Gasteiger partial charge in [0.15, 0.2) is 6.19 Å². The Labute approximate surface area is 80.0 Å². The Hall–Kier alpha value is -1.61. The predicted octanol–water partition coefficient (Wildman–Crippen LogP) is 0.850. The molecule has 0 atom stereocenters. The van der Waals surface area contributed by atoms with Crippen LogP contribution in [0.4, 0.5) is 11.9 Å². The highest BCUT2D eigenvalue weighted by Gasteiger charge is 2.02. The van der Waals surface area contributed by atoms with Crippen LogP contribution in [0.1, 0.15) is 6.92 Å². The Morgan fingerprint density at radius 2 is 2.08 bits per heavy atom. The van der Waals surface area contributed by atoms with E-state index in [1.165, 1.54) is 0 Å². The van der Waals surface area contributed by atoms with Crippen LogP contribution in [0.3, 0.4) is 0 Å². The lowest BCUT2D eigenvalue weighted by molar-refractivity contribution is 1.02. The van der Waals surface area contributed by atoms with E-state index >= 15 is 0 Å². The summed E-state index contributed by atoms with van der Waals surface area (Å²) in [6, 6.07) is 0. The molecule has 0 unspecified atom stereocenters. The van der Waals surface area contributed by atoms with Gasteiger partial charge in [-0.2, -0.15) is 20.2 Å². The molecule has 1 aromatic rings. The van der Waals surface area contributed by atoms with Crippen molar-refractivity contribution in [2.45, 2.75) is 6.92 Å². The SMILES string of the molecule is CCNc1nc(Cl)nc(NC#N)n1. The van der Waals surface area contributed by atoms with E-state index in [-0.39, 0.29) is 11.2 Å². The minimum absolute atomic E-state index is 0.0451. The molecule has 0 bridgehead atoms. The van der Waals surface area contributed by atoms with Crippen LogP contribution in [0.2, 0.25) is 5.28 Å². The van der Waals surface area contributed by atoms with E-state index < -0.39 is 0 Å². The summed E-state index contributed by atoms with van der Waals surface area (Å²) in [6.45, 7) is 2.57. The first-order valence-electron chi connectivity index (χ1n) is 3.56. The molecule has 0 aromatic carbocycles. The molecule has 0 saturated heterocycles. The van der Waals surface area contributed by atoms with Crippen LogP contribution in [-0.2, 0) is 0 Å². The minimum atomic E-state index is 0.0451. The van der Waals surface area contributed by atoms with Crippen molar-refractivity contribution < 1.29 is 0 Å². The normalized spacial score (nSPS) is 9.00. The Kier molecular flexibility index (Phi) is 3.23. The van der Waals surface area contributed by atoms with Crippen molar-refractivity contribution in [2.75, 3.05) is 17.2 Å². The molecule has 7 heteroatoms. The second-order valence-corrected chi connectivity index (χ2v) is 2.36. The number of hydrogen-bond donors (Lipinski definition) is 2. The number of rotatable bonds is 3. The predicted molar refractivity (Wildman–Crippen MR) is 48.2 cm³/mol. The Bertz CT molecular complexity index is 332. The largest absolute Gasteiger partial charge is 0.354 e. The number of nitrogens with zero attached hydrogens (tertiary/aromatic N) is 4. The van der Waals surface area contributed by atoms with Gasteiger partial charge in [-0.15, -0.1) is 0 Å². The molecule has 1 rings (SSSR count). The summed E-state index contributed by atoms with van der Waals surface area (Å²) >= 11 is 5.57. The molecular formula is C6H7ClN6. The number of anilines is 2. The maximum absolute atomic E-state index is 8.31. The van der Waals surface area contributed by atoms with E-state index in [0.29, 0.717) is 12.5 Å². The average molecular weight is 199 g/mol. The highest BCUT2D eigenvalue weighted by Crippen LogP contribution is 2.08. The molecule has 0 radical (unpaired) electrons. The third-order valence-corrected chi connectivity index (χ3v) is 1.28. The zero-order chi connectivity index (χ0) is 9.68. The van der Waals surface area contributed by atoms with E-state index in [4.69, 9.17) is 16.9 Å². The van der Waals surface area contributed by atoms with Crippen molar-refractivity contribution in [1.29, 1.82) is 5.26 Å². The molecule has 1 heterocycles. The van der Waals surface area contributed by atoms with Crippen LogP contribution >= 0.6 is 11.6 Å². The van der Waals surface area contributed by atoms with Crippen LogP contribution in [0, 0.1) is 11.5 Å². The topological polar surface area (TPSA) is 86.5 Å². The fraction of sp³-hybridized carbons (Fsp3) is 0.333. The maximum atomic E-state index is 8.31. The number of nitriles is 1. The van der Waals surface area contributed by atoms with Gasteiger partial charge < -0.3 is 5.32 Å². The van der Waals surface area contributed by atoms with Gasteiger partial charge in [0.25, 0.3) is 0 Å². The Balaban J connectivity index is 2.91. The maximum Gasteiger partial charge on any atom is 0.242 e. The monoisotopic (exact) mass is 198 g/mol. The second kappa shape index (κ2) is 4.42. The molecule has 68 valence electrons. The highest BCUT2D eigenvalue weighted by molar-refractivity contribution is 6.28. The van der Waals surface area contributed by atoms with Crippen molar-refractivity contribution in [3.63, 3.8) is 0 Å². The van der Waals surface area contributed by atoms with Crippen molar-refractivity contribution in [3.8, 4) is 6.19 Å². The summed E-state index contributed by atoms with van der Waals surface area (Å²) in [4.78, 5) is 11.3. The molecule has 0 aliphatic rings. The van der Waals surface area contributed by atoms with Crippen LogP contribution in [0.15, 0.2) is 0 Å². The van der Waals surface area contributed by atoms with E-state index in [9.17, 15) is 0 Å². The third kappa shape index (κ3) is 2.72. The van der Waals surface area contributed by atoms with Crippen molar-refractivity contribution in [1.82, 2.24) is 15.0 Å². The van der Waals surface area contributed by atoms with Gasteiger partial charge in [0.2, 0.25) is 17.2 Å². The lowest BCUT2D eigenvalue weighted by Gasteiger charge is -2.02. The van der Waals surface area contributed by atoms with Crippen LogP contribution in [0.5, 0.6) is 0 Å². The van der Waals surface area contributed by atoms with Gasteiger partial charge in [-0.1, -0.05) is 0 Å². The van der Waals surface area contributed by atoms with Gasteiger partial charge >= 0.3 is 0 Å². The Morgan fingerprint density at radius 1 is 1.38 bits per heavy atom. The van der Waals surface area contributed by atoms with E-state index in [1.54, 1.807) is 6.19 Å². The van der Waals surface area contributed by atoms with E-state index in [1.807, 2.05) is 6.92 Å². The highest BCUT2D eigenvalue weighted by atomic mass is 35.5. The standard InChI is InChI=1S/C6H7ClN6/c1-2-9-5-11-4(7)12-6(13-5)10-3-8/h2H2,1H3,(H2,9,10,11,12,13). The summed E-state index contributed by atoms with van der Waals surface area (Å²) in [7, 11) is 0. The van der Waals surface area contributed by atoms with Gasteiger partial charge in [0, 0.05) is 6.54 Å². The van der Waals surface area contributed by atoms with Crippen LogP contribution in [0.25, 0.3) is 0 Å². The summed E-state index contributed by atoms with van der Waals surface area (Å²) in [5.74, 6) is 0.485. The molecule has 0 saturated carbocycles. The summed E-state index contributed by atoms with van der Waals surface area (Å²) in [5.41, 5.74) is 0. The van der Waals surface area contributed by atoms with Crippen LogP contribution in [-0.4, -0.2) is 21.5 Å². The van der Waals surface area contributed by atoms with E-state index in [0.717, 1.165) is 0 Å². The summed E-state index contributed by atoms with van der Waals surface area (Å²) < 4.78 is 0. The van der Waals surface area contributed by atoms with Crippen molar-refractivity contribution >= 4 is 23.5 Å². The molecule has 0 amide bonds. The first kappa shape index (κ1) is 9.48.